The van der Waals surface area contributed by atoms with Crippen molar-refractivity contribution in [3.8, 4) is 89.5 Å². The molecule has 0 aliphatic rings. The van der Waals surface area contributed by atoms with Crippen molar-refractivity contribution < 1.29 is 0 Å². The average molecular weight is 1410 g/mol. The smallest absolute Gasteiger partial charge is 0.199 e. The molecule has 0 atom stereocenters. The fourth-order valence-electron chi connectivity index (χ4n) is 14.6. The van der Waals surface area contributed by atoms with Gasteiger partial charge in [-0.3, -0.25) is 0 Å². The minimum absolute atomic E-state index is 0.404. The zero-order chi connectivity index (χ0) is 73.4. The van der Waals surface area contributed by atoms with Crippen LogP contribution in [0, 0.1) is 0 Å². The standard InChI is InChI=1S/C102H72N8/c1-9-25-73(26-10-1)77-41-57-89(58-42-77)107(85-33-17-5-18-34-85)93-65-49-81(50-66-93)97-98(82-51-67-94(68-52-82)108(86-35-19-6-20-36-86)90-59-43-78(44-60-90)74-27-11-2-12-28-74)104-102-101(103-97)105-99(83-53-69-95(70-54-83)109(87-37-21-7-22-38-87)91-61-45-79(46-62-91)75-29-13-3-14-30-75)100(106-102)84-55-71-96(72-56-84)110(88-39-23-8-24-40-88)92-63-47-80(48-64-92)76-31-15-4-16-32-76/h1-72H. The van der Waals surface area contributed by atoms with Crippen molar-refractivity contribution in [1.29, 1.82) is 0 Å². The molecule has 8 nitrogen and oxygen atoms in total. The van der Waals surface area contributed by atoms with Crippen LogP contribution in [-0.2, 0) is 0 Å². The first-order valence-electron chi connectivity index (χ1n) is 37.1. The molecule has 0 N–H and O–H groups in total. The molecule has 18 rings (SSSR count). The molecule has 16 aromatic carbocycles. The Labute approximate surface area is 641 Å². The molecule has 0 fully saturated rings. The van der Waals surface area contributed by atoms with Crippen LogP contribution in [-0.4, -0.2) is 19.9 Å². The van der Waals surface area contributed by atoms with Crippen LogP contribution in [0.5, 0.6) is 0 Å². The lowest BCUT2D eigenvalue weighted by molar-refractivity contribution is 1.17. The molecule has 2 heterocycles. The Morgan fingerprint density at radius 3 is 0.382 bits per heavy atom. The summed E-state index contributed by atoms with van der Waals surface area (Å²) in [5.41, 5.74) is 28.3. The van der Waals surface area contributed by atoms with Gasteiger partial charge < -0.3 is 19.6 Å². The summed E-state index contributed by atoms with van der Waals surface area (Å²) in [6.45, 7) is 0. The van der Waals surface area contributed by atoms with E-state index in [1.807, 2.05) is 0 Å². The first-order valence-corrected chi connectivity index (χ1v) is 37.1. The van der Waals surface area contributed by atoms with Crippen LogP contribution < -0.4 is 19.6 Å². The Bertz CT molecular complexity index is 5330. The maximum atomic E-state index is 5.67. The molecule has 520 valence electrons. The molecule has 0 bridgehead atoms. The van der Waals surface area contributed by atoms with E-state index in [1.165, 1.54) is 22.3 Å². The van der Waals surface area contributed by atoms with Gasteiger partial charge in [0.15, 0.2) is 11.3 Å². The van der Waals surface area contributed by atoms with Gasteiger partial charge in [-0.15, -0.1) is 0 Å². The number of benzene rings is 16. The Kier molecular flexibility index (Phi) is 18.7. The van der Waals surface area contributed by atoms with E-state index in [9.17, 15) is 0 Å². The predicted octanol–water partition coefficient (Wildman–Crippen LogP) is 27.6. The van der Waals surface area contributed by atoms with E-state index in [2.05, 4.69) is 456 Å². The zero-order valence-electron chi connectivity index (χ0n) is 60.1. The monoisotopic (exact) mass is 1410 g/mol. The number of rotatable bonds is 20. The molecule has 110 heavy (non-hydrogen) atoms. The Balaban J connectivity index is 0.788. The second kappa shape index (κ2) is 30.7. The summed E-state index contributed by atoms with van der Waals surface area (Å²) in [5, 5.41) is 0. The van der Waals surface area contributed by atoms with Crippen molar-refractivity contribution in [3.05, 3.63) is 437 Å². The minimum atomic E-state index is 0.404. The fraction of sp³-hybridized carbons (Fsp3) is 0. The highest BCUT2D eigenvalue weighted by Crippen LogP contribution is 2.45. The van der Waals surface area contributed by atoms with Crippen LogP contribution >= 0.6 is 0 Å². The van der Waals surface area contributed by atoms with Crippen LogP contribution in [0.3, 0.4) is 0 Å². The van der Waals surface area contributed by atoms with Crippen LogP contribution in [0.2, 0.25) is 0 Å². The van der Waals surface area contributed by atoms with Crippen molar-refractivity contribution >= 4 is 79.5 Å². The van der Waals surface area contributed by atoms with Crippen molar-refractivity contribution in [2.45, 2.75) is 0 Å². The highest BCUT2D eigenvalue weighted by molar-refractivity contribution is 5.92. The maximum Gasteiger partial charge on any atom is 0.199 e. The number of anilines is 12. The summed E-state index contributed by atoms with van der Waals surface area (Å²) in [4.78, 5) is 31.8. The van der Waals surface area contributed by atoms with Crippen LogP contribution in [0.1, 0.15) is 0 Å². The van der Waals surface area contributed by atoms with E-state index in [0.717, 1.165) is 113 Å². The summed E-state index contributed by atoms with van der Waals surface area (Å²) >= 11 is 0. The van der Waals surface area contributed by atoms with Crippen molar-refractivity contribution in [2.75, 3.05) is 19.6 Å². The van der Waals surface area contributed by atoms with E-state index >= 15 is 0 Å². The van der Waals surface area contributed by atoms with Gasteiger partial charge in [0.25, 0.3) is 0 Å². The molecule has 0 amide bonds. The molecule has 0 saturated carbocycles. The second-order valence-corrected chi connectivity index (χ2v) is 27.0. The second-order valence-electron chi connectivity index (χ2n) is 27.0. The van der Waals surface area contributed by atoms with E-state index in [-0.39, 0.29) is 0 Å². The third-order valence-electron chi connectivity index (χ3n) is 20.1. The lowest BCUT2D eigenvalue weighted by Gasteiger charge is -2.26. The Morgan fingerprint density at radius 2 is 0.227 bits per heavy atom. The number of fused-ring (bicyclic) bond motifs is 1. The average Bonchev–Trinajstić information content (AvgIpc) is 0.750. The number of aromatic nitrogens is 4. The molecule has 18 aromatic rings. The number of hydrogen-bond donors (Lipinski definition) is 0. The van der Waals surface area contributed by atoms with Gasteiger partial charge in [0.1, 0.15) is 0 Å². The lowest BCUT2D eigenvalue weighted by Crippen LogP contribution is -2.10. The topological polar surface area (TPSA) is 64.5 Å². The van der Waals surface area contributed by atoms with Crippen molar-refractivity contribution in [2.24, 2.45) is 0 Å². The van der Waals surface area contributed by atoms with Gasteiger partial charge in [0, 0.05) is 90.5 Å². The molecule has 0 aliphatic heterocycles. The first-order chi connectivity index (χ1) is 54.5. The van der Waals surface area contributed by atoms with Gasteiger partial charge in [0.05, 0.1) is 22.8 Å². The summed E-state index contributed by atoms with van der Waals surface area (Å²) in [5.74, 6) is 0. The molecular formula is C102H72N8. The van der Waals surface area contributed by atoms with Gasteiger partial charge in [-0.05, 0) is 190 Å². The summed E-state index contributed by atoms with van der Waals surface area (Å²) < 4.78 is 0. The quantitative estimate of drug-likeness (QED) is 0.0748. The Hall–Kier alpha value is -14.9. The third kappa shape index (κ3) is 14.1. The van der Waals surface area contributed by atoms with Crippen LogP contribution in [0.25, 0.3) is 101 Å². The molecule has 0 saturated heterocycles. The SMILES string of the molecule is c1ccc(-c2ccc(N(c3ccccc3)c3ccc(-c4nc5nc(-c6ccc(N(c7ccccc7)c7ccc(-c8ccccc8)cc7)cc6)c(-c6ccc(N(c7ccccc7)c7ccc(-c8ccccc8)cc7)cc6)nc5nc4-c4ccc(N(c5ccccc5)c5ccc(-c6ccccc6)cc5)cc4)cc3)cc2)cc1. The first kappa shape index (κ1) is 67.0. The third-order valence-corrected chi connectivity index (χ3v) is 20.1. The highest BCUT2D eigenvalue weighted by atomic mass is 15.2. The van der Waals surface area contributed by atoms with E-state index in [0.29, 0.717) is 34.1 Å². The Morgan fingerprint density at radius 1 is 0.109 bits per heavy atom. The molecule has 0 aliphatic carbocycles. The number of nitrogens with zero attached hydrogens (tertiary/aromatic N) is 8. The van der Waals surface area contributed by atoms with Gasteiger partial charge in [0.2, 0.25) is 0 Å². The fourth-order valence-corrected chi connectivity index (χ4v) is 14.6. The normalized spacial score (nSPS) is 11.1. The summed E-state index contributed by atoms with van der Waals surface area (Å²) in [7, 11) is 0. The molecule has 0 unspecified atom stereocenters. The van der Waals surface area contributed by atoms with Crippen molar-refractivity contribution in [1.82, 2.24) is 19.9 Å². The van der Waals surface area contributed by atoms with Crippen LogP contribution in [0.4, 0.5) is 68.2 Å². The largest absolute Gasteiger partial charge is 0.311 e. The van der Waals surface area contributed by atoms with Gasteiger partial charge in [-0.25, -0.2) is 19.9 Å². The number of para-hydroxylation sites is 4. The van der Waals surface area contributed by atoms with E-state index in [1.54, 1.807) is 0 Å². The van der Waals surface area contributed by atoms with Crippen molar-refractivity contribution in [3.63, 3.8) is 0 Å². The molecule has 8 heteroatoms. The zero-order valence-corrected chi connectivity index (χ0v) is 60.1. The minimum Gasteiger partial charge on any atom is -0.311 e. The van der Waals surface area contributed by atoms with Gasteiger partial charge >= 0.3 is 0 Å². The molecular weight excluding hydrogens is 1340 g/mol. The molecule has 0 radical (unpaired) electrons. The molecule has 2 aromatic heterocycles. The maximum absolute atomic E-state index is 5.67. The summed E-state index contributed by atoms with van der Waals surface area (Å²) in [6, 6.07) is 154. The van der Waals surface area contributed by atoms with E-state index in [4.69, 9.17) is 19.9 Å². The lowest BCUT2D eigenvalue weighted by atomic mass is 10.0. The van der Waals surface area contributed by atoms with E-state index < -0.39 is 0 Å². The predicted molar refractivity (Wildman–Crippen MR) is 457 cm³/mol. The molecule has 0 spiro atoms. The van der Waals surface area contributed by atoms with Gasteiger partial charge in [-0.1, -0.05) is 291 Å². The number of hydrogen-bond acceptors (Lipinski definition) is 8. The van der Waals surface area contributed by atoms with Crippen LogP contribution in [0.15, 0.2) is 437 Å². The summed E-state index contributed by atoms with van der Waals surface area (Å²) in [6.07, 6.45) is 0. The highest BCUT2D eigenvalue weighted by Gasteiger charge is 2.24. The van der Waals surface area contributed by atoms with Gasteiger partial charge in [-0.2, -0.15) is 0 Å².